The van der Waals surface area contributed by atoms with E-state index in [1.165, 1.54) is 11.0 Å². The predicted octanol–water partition coefficient (Wildman–Crippen LogP) is 4.40. The highest BCUT2D eigenvalue weighted by Gasteiger charge is 2.39. The van der Waals surface area contributed by atoms with E-state index >= 15 is 4.39 Å². The lowest BCUT2D eigenvalue weighted by Crippen LogP contribution is -2.52. The van der Waals surface area contributed by atoms with Crippen LogP contribution in [0.3, 0.4) is 0 Å². The van der Waals surface area contributed by atoms with E-state index in [9.17, 15) is 18.8 Å². The number of nitrogens with one attached hydrogen (secondary N) is 2. The van der Waals surface area contributed by atoms with Gasteiger partial charge in [0.25, 0.3) is 5.91 Å². The van der Waals surface area contributed by atoms with Crippen molar-refractivity contribution in [3.8, 4) is 11.1 Å². The molecule has 2 fully saturated rings. The summed E-state index contributed by atoms with van der Waals surface area (Å²) >= 11 is 6.06. The van der Waals surface area contributed by atoms with Crippen molar-refractivity contribution < 1.29 is 23.2 Å². The van der Waals surface area contributed by atoms with Crippen molar-refractivity contribution in [3.05, 3.63) is 82.3 Å². The number of nitrogens with zero attached hydrogens (tertiary/aromatic N) is 3. The van der Waals surface area contributed by atoms with Crippen LogP contribution in [0, 0.1) is 5.82 Å². The molecule has 3 aromatic rings. The third-order valence-corrected chi connectivity index (χ3v) is 8.53. The fourth-order valence-electron chi connectivity index (χ4n) is 5.95. The molecule has 0 saturated carbocycles. The van der Waals surface area contributed by atoms with Gasteiger partial charge in [-0.2, -0.15) is 0 Å². The van der Waals surface area contributed by atoms with Crippen molar-refractivity contribution in [2.75, 3.05) is 24.5 Å². The fourth-order valence-corrected chi connectivity index (χ4v) is 6.14. The van der Waals surface area contributed by atoms with E-state index in [1.807, 2.05) is 18.2 Å². The molecule has 1 unspecified atom stereocenters. The SMILES string of the molecule is O=C1CCC(N2Cc3cc(CNCC4(F)CCN(c5ncc(-c6cccc(Cl)c6)cc5F)CC4)ccc3C2=O)C(=O)N1. The average molecular weight is 594 g/mol. The number of fused-ring (bicyclic) bond motifs is 1. The Morgan fingerprint density at radius 1 is 1.07 bits per heavy atom. The number of rotatable bonds is 7. The number of piperidine rings is 2. The summed E-state index contributed by atoms with van der Waals surface area (Å²) in [7, 11) is 0. The molecule has 0 spiro atoms. The number of pyridine rings is 1. The maximum atomic E-state index is 15.7. The molecule has 0 radical (unpaired) electrons. The number of anilines is 1. The first kappa shape index (κ1) is 28.2. The zero-order valence-electron chi connectivity index (χ0n) is 22.8. The Morgan fingerprint density at radius 3 is 2.62 bits per heavy atom. The molecular weight excluding hydrogens is 564 g/mol. The number of imide groups is 1. The Hall–Kier alpha value is -3.89. The van der Waals surface area contributed by atoms with Gasteiger partial charge in [0.15, 0.2) is 11.6 Å². The Bertz CT molecular complexity index is 1560. The lowest BCUT2D eigenvalue weighted by molar-refractivity contribution is -0.136. The number of hydrogen-bond donors (Lipinski definition) is 2. The lowest BCUT2D eigenvalue weighted by atomic mass is 9.93. The third kappa shape index (κ3) is 5.73. The van der Waals surface area contributed by atoms with Crippen LogP contribution >= 0.6 is 11.6 Å². The second kappa shape index (κ2) is 11.4. The molecule has 8 nitrogen and oxygen atoms in total. The minimum absolute atomic E-state index is 0.142. The molecule has 42 heavy (non-hydrogen) atoms. The van der Waals surface area contributed by atoms with Crippen LogP contribution in [0.4, 0.5) is 14.6 Å². The number of amides is 3. The van der Waals surface area contributed by atoms with Gasteiger partial charge in [0.1, 0.15) is 11.7 Å². The lowest BCUT2D eigenvalue weighted by Gasteiger charge is -2.37. The minimum Gasteiger partial charge on any atom is -0.354 e. The van der Waals surface area contributed by atoms with Crippen LogP contribution in [0.2, 0.25) is 5.02 Å². The summed E-state index contributed by atoms with van der Waals surface area (Å²) in [6.07, 6.45) is 2.59. The number of hydrogen-bond acceptors (Lipinski definition) is 6. The van der Waals surface area contributed by atoms with Crippen molar-refractivity contribution in [1.82, 2.24) is 20.5 Å². The average Bonchev–Trinajstić information content (AvgIpc) is 3.29. The molecule has 2 saturated heterocycles. The molecule has 1 atom stereocenters. The van der Waals surface area contributed by atoms with Gasteiger partial charge in [-0.1, -0.05) is 35.9 Å². The zero-order valence-corrected chi connectivity index (χ0v) is 23.6. The van der Waals surface area contributed by atoms with Gasteiger partial charge >= 0.3 is 0 Å². The molecule has 2 N–H and O–H groups in total. The van der Waals surface area contributed by atoms with Crippen LogP contribution in [0.15, 0.2) is 54.7 Å². The van der Waals surface area contributed by atoms with Gasteiger partial charge in [0.05, 0.1) is 0 Å². The van der Waals surface area contributed by atoms with Gasteiger partial charge < -0.3 is 15.1 Å². The van der Waals surface area contributed by atoms with Crippen LogP contribution in [0.25, 0.3) is 11.1 Å². The normalized spacial score (nSPS) is 20.1. The molecule has 1 aromatic heterocycles. The van der Waals surface area contributed by atoms with Crippen LogP contribution in [-0.2, 0) is 22.7 Å². The van der Waals surface area contributed by atoms with Crippen molar-refractivity contribution in [2.24, 2.45) is 0 Å². The largest absolute Gasteiger partial charge is 0.354 e. The molecular formula is C31H30ClF2N5O3. The number of benzene rings is 2. The van der Waals surface area contributed by atoms with Crippen molar-refractivity contribution in [2.45, 2.75) is 50.5 Å². The summed E-state index contributed by atoms with van der Waals surface area (Å²) < 4.78 is 30.6. The van der Waals surface area contributed by atoms with E-state index in [2.05, 4.69) is 15.6 Å². The first-order chi connectivity index (χ1) is 20.2. The van der Waals surface area contributed by atoms with Crippen LogP contribution in [0.1, 0.15) is 47.2 Å². The van der Waals surface area contributed by atoms with Gasteiger partial charge in [-0.15, -0.1) is 0 Å². The second-order valence-corrected chi connectivity index (χ2v) is 11.6. The Kier molecular flexibility index (Phi) is 7.67. The van der Waals surface area contributed by atoms with Gasteiger partial charge in [0, 0.05) is 74.3 Å². The molecule has 4 heterocycles. The molecule has 218 valence electrons. The standard InChI is InChI=1S/C31H30ClF2N5O3/c32-23-3-1-2-20(13-23)21-14-25(33)28(36-16-21)38-10-8-31(34,9-11-38)18-35-15-19-4-5-24-22(12-19)17-39(30(24)42)26-6-7-27(40)37-29(26)41/h1-5,12-14,16,26,35H,6-11,15,17-18H2,(H,37,40,41). The Labute approximate surface area is 247 Å². The van der Waals surface area contributed by atoms with Gasteiger partial charge in [-0.05, 0) is 47.4 Å². The van der Waals surface area contributed by atoms with Gasteiger partial charge in [-0.25, -0.2) is 13.8 Å². The van der Waals surface area contributed by atoms with Crippen molar-refractivity contribution in [3.63, 3.8) is 0 Å². The zero-order chi connectivity index (χ0) is 29.4. The van der Waals surface area contributed by atoms with Crippen molar-refractivity contribution >= 4 is 35.1 Å². The van der Waals surface area contributed by atoms with Gasteiger partial charge in [-0.3, -0.25) is 19.7 Å². The maximum Gasteiger partial charge on any atom is 0.255 e. The smallest absolute Gasteiger partial charge is 0.255 e. The first-order valence-electron chi connectivity index (χ1n) is 14.0. The molecule has 3 aliphatic rings. The Morgan fingerprint density at radius 2 is 1.88 bits per heavy atom. The highest BCUT2D eigenvalue weighted by atomic mass is 35.5. The molecule has 6 rings (SSSR count). The highest BCUT2D eigenvalue weighted by molar-refractivity contribution is 6.30. The number of alkyl halides is 1. The van der Waals surface area contributed by atoms with E-state index < -0.39 is 23.4 Å². The molecule has 0 bridgehead atoms. The van der Waals surface area contributed by atoms with E-state index in [4.69, 9.17) is 11.6 Å². The number of aromatic nitrogens is 1. The summed E-state index contributed by atoms with van der Waals surface area (Å²) in [6.45, 7) is 1.53. The molecule has 3 amide bonds. The van der Waals surface area contributed by atoms with E-state index in [1.54, 1.807) is 35.4 Å². The number of halogens is 3. The molecule has 3 aliphatic heterocycles. The van der Waals surface area contributed by atoms with Crippen LogP contribution < -0.4 is 15.5 Å². The molecule has 0 aliphatic carbocycles. The van der Waals surface area contributed by atoms with Gasteiger partial charge in [0.2, 0.25) is 11.8 Å². The summed E-state index contributed by atoms with van der Waals surface area (Å²) in [5.41, 5.74) is 2.21. The first-order valence-corrected chi connectivity index (χ1v) is 14.4. The Balaban J connectivity index is 1.02. The minimum atomic E-state index is -1.44. The number of carbonyl (C=O) groups is 3. The van der Waals surface area contributed by atoms with Crippen LogP contribution in [-0.4, -0.2) is 59.0 Å². The second-order valence-electron chi connectivity index (χ2n) is 11.2. The van der Waals surface area contributed by atoms with E-state index in [-0.39, 0.29) is 43.4 Å². The van der Waals surface area contributed by atoms with E-state index in [0.29, 0.717) is 48.7 Å². The number of carbonyl (C=O) groups excluding carboxylic acids is 3. The predicted molar refractivity (Wildman–Crippen MR) is 154 cm³/mol. The third-order valence-electron chi connectivity index (χ3n) is 8.30. The summed E-state index contributed by atoms with van der Waals surface area (Å²) in [5, 5.41) is 6.07. The monoisotopic (exact) mass is 593 g/mol. The summed E-state index contributed by atoms with van der Waals surface area (Å²) in [5.74, 6) is -1.23. The topological polar surface area (TPSA) is 94.6 Å². The summed E-state index contributed by atoms with van der Waals surface area (Å²) in [4.78, 5) is 44.3. The highest BCUT2D eigenvalue weighted by Crippen LogP contribution is 2.32. The molecule has 11 heteroatoms. The van der Waals surface area contributed by atoms with Crippen LogP contribution in [0.5, 0.6) is 0 Å². The van der Waals surface area contributed by atoms with Crippen molar-refractivity contribution in [1.29, 1.82) is 0 Å². The quantitative estimate of drug-likeness (QED) is 0.395. The van der Waals surface area contributed by atoms with E-state index in [0.717, 1.165) is 16.7 Å². The molecule has 2 aromatic carbocycles. The maximum absolute atomic E-state index is 15.7. The fraction of sp³-hybridized carbons (Fsp3) is 0.355. The summed E-state index contributed by atoms with van der Waals surface area (Å²) in [6, 6.07) is 13.4.